The number of aliphatic hydroxyl groups excluding tert-OH is 1. The minimum atomic E-state index is -0.394. The number of unbranched alkanes of at least 4 members (excludes halogenated alkanes) is 7. The lowest BCUT2D eigenvalue weighted by atomic mass is 10.1. The van der Waals surface area contributed by atoms with Crippen LogP contribution in [0.15, 0.2) is 17.1 Å². The van der Waals surface area contributed by atoms with Gasteiger partial charge in [0.25, 0.3) is 0 Å². The predicted molar refractivity (Wildman–Crippen MR) is 91.7 cm³/mol. The van der Waals surface area contributed by atoms with E-state index in [-0.39, 0.29) is 0 Å². The topological polar surface area (TPSA) is 35.8 Å². The van der Waals surface area contributed by atoms with Crippen molar-refractivity contribution in [1.82, 2.24) is 4.90 Å². The number of nitrogens with zero attached hydrogens (tertiary/aromatic N) is 2. The highest BCUT2D eigenvalue weighted by molar-refractivity contribution is 5.83. The largest absolute Gasteiger partial charge is 0.374 e. The lowest BCUT2D eigenvalue weighted by Gasteiger charge is -2.23. The summed E-state index contributed by atoms with van der Waals surface area (Å²) in [7, 11) is 0. The van der Waals surface area contributed by atoms with Crippen molar-refractivity contribution in [3.05, 3.63) is 12.2 Å². The molecule has 0 aliphatic carbocycles. The summed E-state index contributed by atoms with van der Waals surface area (Å²) in [6.45, 7) is 5.80. The molecule has 0 saturated heterocycles. The fourth-order valence-corrected chi connectivity index (χ4v) is 2.79. The van der Waals surface area contributed by atoms with Gasteiger partial charge in [0.2, 0.25) is 0 Å². The smallest absolute Gasteiger partial charge is 0.125 e. The summed E-state index contributed by atoms with van der Waals surface area (Å²) in [6.07, 6.45) is 17.0. The van der Waals surface area contributed by atoms with Crippen LogP contribution in [-0.2, 0) is 0 Å². The van der Waals surface area contributed by atoms with Crippen LogP contribution < -0.4 is 0 Å². The second-order valence-electron chi connectivity index (χ2n) is 6.04. The Labute approximate surface area is 131 Å². The Bertz CT molecular complexity index is 310. The molecule has 1 heterocycles. The molecule has 0 amide bonds. The molecule has 3 heteroatoms. The van der Waals surface area contributed by atoms with E-state index in [0.717, 1.165) is 38.2 Å². The van der Waals surface area contributed by atoms with Gasteiger partial charge in [-0.1, -0.05) is 51.2 Å². The minimum absolute atomic E-state index is 0.394. The summed E-state index contributed by atoms with van der Waals surface area (Å²) in [4.78, 5) is 6.49. The van der Waals surface area contributed by atoms with Crippen LogP contribution >= 0.6 is 0 Å². The summed E-state index contributed by atoms with van der Waals surface area (Å²) in [5.74, 6) is 1.09. The van der Waals surface area contributed by atoms with Gasteiger partial charge in [-0.3, -0.25) is 4.99 Å². The summed E-state index contributed by atoms with van der Waals surface area (Å²) in [6, 6.07) is 0. The zero-order valence-corrected chi connectivity index (χ0v) is 14.1. The molecule has 1 aliphatic rings. The van der Waals surface area contributed by atoms with E-state index in [2.05, 4.69) is 24.1 Å². The van der Waals surface area contributed by atoms with Gasteiger partial charge in [-0.05, 0) is 32.6 Å². The highest BCUT2D eigenvalue weighted by Crippen LogP contribution is 2.12. The monoisotopic (exact) mass is 294 g/mol. The molecule has 21 heavy (non-hydrogen) atoms. The molecule has 122 valence electrons. The SMILES string of the molecule is CCCCCCCC/C=C/CCCC1=NCCN1C(C)O. The first kappa shape index (κ1) is 18.2. The summed E-state index contributed by atoms with van der Waals surface area (Å²) >= 11 is 0. The Hall–Kier alpha value is -0.830. The second-order valence-corrected chi connectivity index (χ2v) is 6.04. The maximum absolute atomic E-state index is 9.63. The molecular formula is C18H34N2O. The van der Waals surface area contributed by atoms with Gasteiger partial charge in [0, 0.05) is 13.0 Å². The molecular weight excluding hydrogens is 260 g/mol. The molecule has 1 N–H and O–H groups in total. The molecule has 0 radical (unpaired) electrons. The number of hydrogen-bond donors (Lipinski definition) is 1. The van der Waals surface area contributed by atoms with Crippen molar-refractivity contribution in [2.45, 2.75) is 84.3 Å². The molecule has 0 aromatic carbocycles. The maximum Gasteiger partial charge on any atom is 0.125 e. The van der Waals surface area contributed by atoms with Crippen molar-refractivity contribution in [2.24, 2.45) is 4.99 Å². The van der Waals surface area contributed by atoms with Gasteiger partial charge >= 0.3 is 0 Å². The summed E-state index contributed by atoms with van der Waals surface area (Å²) < 4.78 is 0. The van der Waals surface area contributed by atoms with Crippen LogP contribution in [0.25, 0.3) is 0 Å². The van der Waals surface area contributed by atoms with Crippen molar-refractivity contribution in [1.29, 1.82) is 0 Å². The second kappa shape index (κ2) is 11.8. The van der Waals surface area contributed by atoms with E-state index < -0.39 is 6.23 Å². The number of aliphatic imine (C=N–C) groups is 1. The Morgan fingerprint density at radius 2 is 1.76 bits per heavy atom. The van der Waals surface area contributed by atoms with E-state index in [1.165, 1.54) is 44.9 Å². The van der Waals surface area contributed by atoms with Crippen LogP contribution in [0.2, 0.25) is 0 Å². The van der Waals surface area contributed by atoms with Gasteiger partial charge in [0.15, 0.2) is 0 Å². The lowest BCUT2D eigenvalue weighted by Crippen LogP contribution is -2.35. The summed E-state index contributed by atoms with van der Waals surface area (Å²) in [5.41, 5.74) is 0. The Morgan fingerprint density at radius 1 is 1.10 bits per heavy atom. The highest BCUT2D eigenvalue weighted by Gasteiger charge is 2.19. The number of aliphatic hydroxyl groups is 1. The molecule has 1 atom stereocenters. The van der Waals surface area contributed by atoms with Gasteiger partial charge in [0.1, 0.15) is 12.1 Å². The van der Waals surface area contributed by atoms with Crippen LogP contribution in [0.4, 0.5) is 0 Å². The van der Waals surface area contributed by atoms with E-state index in [1.807, 2.05) is 11.8 Å². The normalized spacial score (nSPS) is 16.7. The van der Waals surface area contributed by atoms with E-state index in [9.17, 15) is 5.11 Å². The number of amidine groups is 1. The first-order chi connectivity index (χ1) is 10.3. The average Bonchev–Trinajstić information content (AvgIpc) is 2.93. The fraction of sp³-hybridized carbons (Fsp3) is 0.833. The van der Waals surface area contributed by atoms with Crippen molar-refractivity contribution < 1.29 is 5.11 Å². The molecule has 3 nitrogen and oxygen atoms in total. The van der Waals surface area contributed by atoms with Crippen molar-refractivity contribution in [2.75, 3.05) is 13.1 Å². The molecule has 0 saturated carbocycles. The van der Waals surface area contributed by atoms with E-state index in [1.54, 1.807) is 0 Å². The summed E-state index contributed by atoms with van der Waals surface area (Å²) in [5, 5.41) is 9.63. The number of allylic oxidation sites excluding steroid dienone is 2. The first-order valence-corrected chi connectivity index (χ1v) is 8.88. The number of hydrogen-bond acceptors (Lipinski definition) is 3. The van der Waals surface area contributed by atoms with Crippen LogP contribution in [0, 0.1) is 0 Å². The van der Waals surface area contributed by atoms with Crippen LogP contribution in [0.1, 0.15) is 78.1 Å². The predicted octanol–water partition coefficient (Wildman–Crippen LogP) is 4.52. The Morgan fingerprint density at radius 3 is 2.48 bits per heavy atom. The molecule has 0 aromatic rings. The van der Waals surface area contributed by atoms with Crippen LogP contribution in [0.5, 0.6) is 0 Å². The minimum Gasteiger partial charge on any atom is -0.374 e. The Kier molecular flexibility index (Phi) is 10.2. The average molecular weight is 294 g/mol. The van der Waals surface area contributed by atoms with Gasteiger partial charge < -0.3 is 10.0 Å². The molecule has 0 spiro atoms. The number of rotatable bonds is 12. The van der Waals surface area contributed by atoms with Gasteiger partial charge in [0.05, 0.1) is 6.54 Å². The van der Waals surface area contributed by atoms with Crippen molar-refractivity contribution in [3.63, 3.8) is 0 Å². The van der Waals surface area contributed by atoms with Crippen LogP contribution in [0.3, 0.4) is 0 Å². The van der Waals surface area contributed by atoms with Gasteiger partial charge in [-0.2, -0.15) is 0 Å². The quantitative estimate of drug-likeness (QED) is 0.424. The molecule has 0 aromatic heterocycles. The van der Waals surface area contributed by atoms with E-state index in [4.69, 9.17) is 0 Å². The first-order valence-electron chi connectivity index (χ1n) is 8.88. The van der Waals surface area contributed by atoms with E-state index >= 15 is 0 Å². The fourth-order valence-electron chi connectivity index (χ4n) is 2.79. The third-order valence-corrected chi connectivity index (χ3v) is 4.08. The van der Waals surface area contributed by atoms with Crippen molar-refractivity contribution >= 4 is 5.84 Å². The highest BCUT2D eigenvalue weighted by atomic mass is 16.3. The van der Waals surface area contributed by atoms with E-state index in [0.29, 0.717) is 0 Å². The third-order valence-electron chi connectivity index (χ3n) is 4.08. The van der Waals surface area contributed by atoms with Gasteiger partial charge in [-0.15, -0.1) is 0 Å². The molecule has 1 unspecified atom stereocenters. The Balaban J connectivity index is 1.95. The molecule has 0 fully saturated rings. The molecule has 0 bridgehead atoms. The maximum atomic E-state index is 9.63. The van der Waals surface area contributed by atoms with Crippen LogP contribution in [-0.4, -0.2) is 35.2 Å². The zero-order valence-electron chi connectivity index (χ0n) is 14.1. The standard InChI is InChI=1S/C18H34N2O/c1-3-4-5-6-7-8-9-10-11-12-13-14-18-19-15-16-20(18)17(2)21/h10-11,17,21H,3-9,12-16H2,1-2H3/b11-10+. The lowest BCUT2D eigenvalue weighted by molar-refractivity contribution is 0.0766. The zero-order chi connectivity index (χ0) is 15.3. The van der Waals surface area contributed by atoms with Gasteiger partial charge in [-0.25, -0.2) is 0 Å². The molecule has 1 aliphatic heterocycles. The molecule has 1 rings (SSSR count). The van der Waals surface area contributed by atoms with Crippen molar-refractivity contribution in [3.8, 4) is 0 Å². The third kappa shape index (κ3) is 8.25.